The van der Waals surface area contributed by atoms with Crippen molar-refractivity contribution in [1.29, 1.82) is 0 Å². The van der Waals surface area contributed by atoms with Gasteiger partial charge in [-0.25, -0.2) is 4.98 Å². The Morgan fingerprint density at radius 2 is 0.750 bits per heavy atom. The van der Waals surface area contributed by atoms with Crippen LogP contribution < -0.4 is 40.2 Å². The fraction of sp³-hybridized carbons (Fsp3) is 0.441. The molecule has 4 amide bonds. The van der Waals surface area contributed by atoms with E-state index in [0.29, 0.717) is 52.1 Å². The van der Waals surface area contributed by atoms with Gasteiger partial charge in [0.15, 0.2) is 0 Å². The Hall–Kier alpha value is -6.89. The zero-order valence-electron chi connectivity index (χ0n) is 43.4. The van der Waals surface area contributed by atoms with Crippen LogP contribution >= 0.6 is 0 Å². The highest BCUT2D eigenvalue weighted by Crippen LogP contribution is 2.40. The fourth-order valence-corrected chi connectivity index (χ4v) is 9.38. The molecular weight excluding hydrogens is 907 g/mol. The molecule has 5 aromatic rings. The van der Waals surface area contributed by atoms with Gasteiger partial charge in [0.25, 0.3) is 11.8 Å². The summed E-state index contributed by atoms with van der Waals surface area (Å²) in [6.45, 7) is 18.2. The average Bonchev–Trinajstić information content (AvgIpc) is 3.36. The molecule has 0 unspecified atom stereocenters. The third kappa shape index (κ3) is 13.0. The van der Waals surface area contributed by atoms with Gasteiger partial charge >= 0.3 is 0 Å². The van der Waals surface area contributed by atoms with Gasteiger partial charge in [0.2, 0.25) is 11.8 Å². The van der Waals surface area contributed by atoms with E-state index in [-0.39, 0.29) is 48.1 Å². The summed E-state index contributed by atoms with van der Waals surface area (Å²) in [5.74, 6) is 0.587. The maximum absolute atomic E-state index is 14.2. The molecule has 0 fully saturated rings. The maximum Gasteiger partial charge on any atom is 0.270 e. The van der Waals surface area contributed by atoms with Crippen LogP contribution in [0.25, 0.3) is 0 Å². The molecule has 2 atom stereocenters. The number of hydrogen-bond acceptors (Lipinski definition) is 9. The van der Waals surface area contributed by atoms with Gasteiger partial charge in [0.05, 0.1) is 26.4 Å². The van der Waals surface area contributed by atoms with Gasteiger partial charge in [-0.2, -0.15) is 0 Å². The predicted octanol–water partition coefficient (Wildman–Crippen LogP) is 9.37. The van der Waals surface area contributed by atoms with Crippen LogP contribution in [0.4, 0.5) is 0 Å². The smallest absolute Gasteiger partial charge is 0.270 e. The number of para-hydroxylation sites is 2. The van der Waals surface area contributed by atoms with E-state index in [0.717, 1.165) is 104 Å². The van der Waals surface area contributed by atoms with Gasteiger partial charge in [-0.1, -0.05) is 97.9 Å². The van der Waals surface area contributed by atoms with Crippen LogP contribution in [-0.2, 0) is 48.4 Å². The van der Waals surface area contributed by atoms with Crippen molar-refractivity contribution in [3.8, 4) is 23.0 Å². The molecule has 3 aliphatic rings. The lowest BCUT2D eigenvalue weighted by molar-refractivity contribution is -0.124. The van der Waals surface area contributed by atoms with Gasteiger partial charge in [-0.15, -0.1) is 0 Å². The van der Waals surface area contributed by atoms with Crippen molar-refractivity contribution in [2.45, 2.75) is 132 Å². The first-order valence-electron chi connectivity index (χ1n) is 26.0. The van der Waals surface area contributed by atoms with Crippen molar-refractivity contribution in [3.63, 3.8) is 0 Å². The molecular formula is C59H73N5O8. The van der Waals surface area contributed by atoms with Crippen LogP contribution in [0.15, 0.2) is 78.9 Å². The summed E-state index contributed by atoms with van der Waals surface area (Å²) < 4.78 is 27.1. The summed E-state index contributed by atoms with van der Waals surface area (Å²) >= 11 is 0. The lowest BCUT2D eigenvalue weighted by Crippen LogP contribution is -2.50. The molecule has 0 spiro atoms. The first-order chi connectivity index (χ1) is 34.8. The summed E-state index contributed by atoms with van der Waals surface area (Å²) in [6, 6.07) is 23.7. The summed E-state index contributed by atoms with van der Waals surface area (Å²) in [7, 11) is 0. The topological polar surface area (TPSA) is 166 Å². The number of ether oxygens (including phenoxy) is 4. The molecule has 12 bridgehead atoms. The molecule has 1 aliphatic carbocycles. The molecule has 1 aromatic heterocycles. The van der Waals surface area contributed by atoms with Crippen molar-refractivity contribution in [1.82, 2.24) is 26.3 Å². The van der Waals surface area contributed by atoms with E-state index in [1.165, 1.54) is 12.1 Å². The number of hydrogen-bond donors (Lipinski definition) is 4. The van der Waals surface area contributed by atoms with Crippen molar-refractivity contribution in [3.05, 3.63) is 146 Å². The van der Waals surface area contributed by atoms with Gasteiger partial charge in [0, 0.05) is 38.8 Å². The third-order valence-corrected chi connectivity index (χ3v) is 12.9. The summed E-state index contributed by atoms with van der Waals surface area (Å²) in [6.07, 6.45) is 5.11. The van der Waals surface area contributed by atoms with Gasteiger partial charge in [-0.3, -0.25) is 19.2 Å². The van der Waals surface area contributed by atoms with Crippen LogP contribution in [-0.4, -0.2) is 67.1 Å². The van der Waals surface area contributed by atoms with Gasteiger partial charge in [-0.05, 0) is 130 Å². The Morgan fingerprint density at radius 1 is 0.458 bits per heavy atom. The van der Waals surface area contributed by atoms with E-state index in [1.54, 1.807) is 6.07 Å². The van der Waals surface area contributed by atoms with Crippen molar-refractivity contribution in [2.24, 2.45) is 11.8 Å². The van der Waals surface area contributed by atoms with Crippen LogP contribution in [0.5, 0.6) is 23.0 Å². The molecule has 4 aromatic carbocycles. The number of nitrogens with one attached hydrogen (secondary N) is 4. The van der Waals surface area contributed by atoms with Crippen LogP contribution in [0.1, 0.15) is 158 Å². The first kappa shape index (κ1) is 52.9. The Morgan fingerprint density at radius 3 is 1.04 bits per heavy atom. The second kappa shape index (κ2) is 25.0. The minimum absolute atomic E-state index is 0.0397. The molecule has 4 N–H and O–H groups in total. The normalized spacial score (nSPS) is 16.4. The summed E-state index contributed by atoms with van der Waals surface area (Å²) in [5, 5.41) is 12.0. The largest absolute Gasteiger partial charge is 0.493 e. The fourth-order valence-electron chi connectivity index (χ4n) is 9.38. The Labute approximate surface area is 425 Å². The third-order valence-electron chi connectivity index (χ3n) is 12.9. The molecule has 72 heavy (non-hydrogen) atoms. The number of amides is 4. The number of carbonyl (C=O) groups is 4. The number of fused-ring (bicyclic) bond motifs is 10. The molecule has 8 rings (SSSR count). The first-order valence-corrected chi connectivity index (χ1v) is 26.0. The highest BCUT2D eigenvalue weighted by Gasteiger charge is 2.29. The van der Waals surface area contributed by atoms with E-state index >= 15 is 0 Å². The molecule has 0 radical (unpaired) electrons. The Kier molecular flexibility index (Phi) is 18.4. The summed E-state index contributed by atoms with van der Waals surface area (Å²) in [5.41, 5.74) is 9.36. The number of pyridine rings is 1. The number of benzene rings is 4. The van der Waals surface area contributed by atoms with E-state index in [9.17, 15) is 19.2 Å². The molecule has 3 heterocycles. The zero-order chi connectivity index (χ0) is 51.3. The van der Waals surface area contributed by atoms with Crippen LogP contribution in [0.3, 0.4) is 0 Å². The molecule has 13 nitrogen and oxygen atoms in total. The highest BCUT2D eigenvalue weighted by molar-refractivity contribution is 5.99. The highest BCUT2D eigenvalue weighted by atomic mass is 16.5. The number of aromatic nitrogens is 1. The van der Waals surface area contributed by atoms with E-state index < -0.39 is 23.9 Å². The average molecular weight is 980 g/mol. The van der Waals surface area contributed by atoms with Crippen LogP contribution in [0, 0.1) is 11.8 Å². The van der Waals surface area contributed by atoms with Gasteiger partial charge < -0.3 is 40.2 Å². The number of carbonyl (C=O) groups excluding carboxylic acids is 4. The van der Waals surface area contributed by atoms with Crippen molar-refractivity contribution < 1.29 is 38.1 Å². The molecule has 2 aliphatic heterocycles. The monoisotopic (exact) mass is 980 g/mol. The maximum atomic E-state index is 14.2. The lowest BCUT2D eigenvalue weighted by Gasteiger charge is -2.25. The second-order valence-electron chi connectivity index (χ2n) is 19.6. The quantitative estimate of drug-likeness (QED) is 0.0832. The van der Waals surface area contributed by atoms with E-state index in [4.69, 9.17) is 18.9 Å². The molecule has 13 heteroatoms. The summed E-state index contributed by atoms with van der Waals surface area (Å²) in [4.78, 5) is 60.6. The van der Waals surface area contributed by atoms with Crippen molar-refractivity contribution >= 4 is 23.6 Å². The molecule has 0 saturated heterocycles. The Balaban J connectivity index is 1.49. The predicted molar refractivity (Wildman–Crippen MR) is 280 cm³/mol. The van der Waals surface area contributed by atoms with Crippen LogP contribution in [0.2, 0.25) is 0 Å². The lowest BCUT2D eigenvalue weighted by atomic mass is 9.89. The SMILES string of the molecule is CCCOc1c2cccc1Cc1cc3cc(c1OCCC)Cc1cccc(c1OCCC)Cc1cc(cc(c1OCCC)C2)CNC(=O)[C@H](C(C)C)NC(=O)c1cccc(n1)C(=O)N[C@@H](C(C)C)C(=O)NC3. The molecule has 382 valence electrons. The van der Waals surface area contributed by atoms with Gasteiger partial charge in [0.1, 0.15) is 46.5 Å². The van der Waals surface area contributed by atoms with Crippen molar-refractivity contribution in [2.75, 3.05) is 26.4 Å². The molecule has 0 saturated carbocycles. The van der Waals surface area contributed by atoms with E-state index in [1.807, 2.05) is 27.7 Å². The minimum atomic E-state index is -0.931. The number of nitrogens with zero attached hydrogens (tertiary/aromatic N) is 1. The zero-order valence-corrected chi connectivity index (χ0v) is 43.4. The van der Waals surface area contributed by atoms with E-state index in [2.05, 4.69) is 115 Å². The standard InChI is InChI=1S/C59H73N5O8/c1-9-22-69-52-40-16-13-17-41(52)31-45-27-39-29-47(55(45)72-25-12-4)33-43-19-14-18-42(53(43)70-23-10-2)32-46-28-38(26-44(30-40)54(46)71-24-11-3)34-60-58(67)50(36(5)6)63-56(65)48-20-15-21-49(62-48)57(66)64-51(37(7)8)59(68)61-35-39/h13-21,26-29,36-37,50-51H,9-12,22-25,30-35H2,1-8H3,(H,60,67)(H,61,68)(H,63,65)(H,64,66)/t50-,51-/m0/s1. The second-order valence-corrected chi connectivity index (χ2v) is 19.6. The Bertz CT molecular complexity index is 2460. The minimum Gasteiger partial charge on any atom is -0.493 e. The number of rotatable bonds is 14.